The van der Waals surface area contributed by atoms with Crippen LogP contribution in [0.15, 0.2) is 0 Å². The lowest BCUT2D eigenvalue weighted by molar-refractivity contribution is -0.398. The molecule has 0 aromatic carbocycles. The molecule has 0 aromatic rings. The SMILES string of the molecule is C[C@@H]1O[C@@H](O[C@H]2[C@H](O[C@H]3[C@H](O[C@@H]4O[C@@H](C)[C@@H](O)[C@@H](O)[C@@H]4O)[C@@H](O)C(O)O[C@@H]3CO)O[C@H](CO)[C@H](O)[C@@H]2O)[C@@H](O)[C@H](O)[C@@H]1O.O. The second-order valence-electron chi connectivity index (χ2n) is 11.1. The predicted molar refractivity (Wildman–Crippen MR) is 135 cm³/mol. The molecule has 260 valence electrons. The van der Waals surface area contributed by atoms with Crippen LogP contribution >= 0.6 is 0 Å². The molecule has 4 aliphatic rings. The van der Waals surface area contributed by atoms with Crippen LogP contribution in [0, 0.1) is 0 Å². The Balaban J connectivity index is 0.00000529. The standard InChI is InChI=1S/C24H42O19.H2O/c1-5-9(27)12(30)15(33)22(37-5)42-19-17(35)21(36)39-8(4-26)18(19)41-24-20(14(32)11(29)7(3-25)40-24)43-23-16(34)13(31)10(28)6(2)38-23;/h5-36H,3-4H2,1-2H3;1H2/t5-,6-,7+,8+,9+,10+,11-,12+,13+,14-,15-,16-,17+,18+,19+,20+,21?,22-,23-,24-;/m0./s1. The molecular weight excluding hydrogens is 608 g/mol. The zero-order valence-electron chi connectivity index (χ0n) is 23.7. The van der Waals surface area contributed by atoms with Crippen LogP contribution in [0.2, 0.25) is 0 Å². The van der Waals surface area contributed by atoms with Gasteiger partial charge in [-0.1, -0.05) is 0 Å². The van der Waals surface area contributed by atoms with E-state index in [1.54, 1.807) is 0 Å². The van der Waals surface area contributed by atoms with Gasteiger partial charge in [-0.3, -0.25) is 0 Å². The molecule has 0 aromatic heterocycles. The van der Waals surface area contributed by atoms with Crippen molar-refractivity contribution in [3.05, 3.63) is 0 Å². The quantitative estimate of drug-likeness (QED) is 0.116. The lowest BCUT2D eigenvalue weighted by atomic mass is 9.95. The van der Waals surface area contributed by atoms with Crippen LogP contribution in [0.4, 0.5) is 0 Å². The third-order valence-electron chi connectivity index (χ3n) is 8.13. The molecule has 0 amide bonds. The molecule has 4 heterocycles. The van der Waals surface area contributed by atoms with Crippen LogP contribution in [0.3, 0.4) is 0 Å². The van der Waals surface area contributed by atoms with E-state index < -0.39 is 136 Å². The maximum Gasteiger partial charge on any atom is 0.187 e. The van der Waals surface area contributed by atoms with Crippen LogP contribution in [0.1, 0.15) is 13.8 Å². The first kappa shape index (κ1) is 37.7. The van der Waals surface area contributed by atoms with Crippen LogP contribution in [0.25, 0.3) is 0 Å². The predicted octanol–water partition coefficient (Wildman–Crippen LogP) is -8.52. The summed E-state index contributed by atoms with van der Waals surface area (Å²) in [7, 11) is 0. The normalized spacial score (nSPS) is 53.6. The second-order valence-corrected chi connectivity index (χ2v) is 11.1. The van der Waals surface area contributed by atoms with E-state index in [2.05, 4.69) is 0 Å². The Bertz CT molecular complexity index is 887. The van der Waals surface area contributed by atoms with Gasteiger partial charge in [0.2, 0.25) is 0 Å². The first-order valence-corrected chi connectivity index (χ1v) is 13.8. The van der Waals surface area contributed by atoms with E-state index in [-0.39, 0.29) is 5.48 Å². The van der Waals surface area contributed by atoms with Crippen molar-refractivity contribution in [1.82, 2.24) is 0 Å². The Morgan fingerprint density at radius 1 is 0.432 bits per heavy atom. The van der Waals surface area contributed by atoms with Gasteiger partial charge in [0, 0.05) is 0 Å². The summed E-state index contributed by atoms with van der Waals surface area (Å²) in [5.41, 5.74) is 0. The van der Waals surface area contributed by atoms with Gasteiger partial charge in [0.15, 0.2) is 25.2 Å². The molecule has 1 unspecified atom stereocenters. The van der Waals surface area contributed by atoms with Crippen molar-refractivity contribution in [1.29, 1.82) is 0 Å². The average Bonchev–Trinajstić information content (AvgIpc) is 2.98. The van der Waals surface area contributed by atoms with Gasteiger partial charge in [-0.05, 0) is 13.8 Å². The van der Waals surface area contributed by atoms with Gasteiger partial charge in [0.1, 0.15) is 85.5 Å². The highest BCUT2D eigenvalue weighted by atomic mass is 16.8. The fourth-order valence-electron chi connectivity index (χ4n) is 5.40. The molecule has 4 rings (SSSR count). The van der Waals surface area contributed by atoms with E-state index in [4.69, 9.17) is 33.2 Å². The largest absolute Gasteiger partial charge is 0.412 e. The van der Waals surface area contributed by atoms with Crippen molar-refractivity contribution < 1.29 is 99.9 Å². The highest BCUT2D eigenvalue weighted by Gasteiger charge is 2.55. The monoisotopic (exact) mass is 652 g/mol. The summed E-state index contributed by atoms with van der Waals surface area (Å²) in [5, 5.41) is 123. The third-order valence-corrected chi connectivity index (χ3v) is 8.13. The second kappa shape index (κ2) is 15.4. The molecule has 14 N–H and O–H groups in total. The number of aliphatic hydroxyl groups excluding tert-OH is 12. The van der Waals surface area contributed by atoms with Crippen molar-refractivity contribution in [2.45, 2.75) is 137 Å². The topological polar surface area (TPSA) is 339 Å². The minimum absolute atomic E-state index is 0. The number of aliphatic hydroxyl groups is 12. The summed E-state index contributed by atoms with van der Waals surface area (Å²) in [6.07, 6.45) is -33.2. The molecule has 20 nitrogen and oxygen atoms in total. The molecule has 20 heteroatoms. The summed E-state index contributed by atoms with van der Waals surface area (Å²) in [6.45, 7) is 1.04. The van der Waals surface area contributed by atoms with Crippen molar-refractivity contribution in [3.8, 4) is 0 Å². The zero-order valence-corrected chi connectivity index (χ0v) is 23.7. The number of hydrogen-bond acceptors (Lipinski definition) is 19. The smallest absolute Gasteiger partial charge is 0.187 e. The molecule has 4 fully saturated rings. The number of hydrogen-bond donors (Lipinski definition) is 12. The maximum atomic E-state index is 10.9. The Hall–Kier alpha value is -0.800. The van der Waals surface area contributed by atoms with E-state index in [1.807, 2.05) is 0 Å². The molecule has 0 aliphatic carbocycles. The highest BCUT2D eigenvalue weighted by molar-refractivity contribution is 4.97. The molecule has 4 saturated heterocycles. The summed E-state index contributed by atoms with van der Waals surface area (Å²) in [5.74, 6) is 0. The van der Waals surface area contributed by atoms with Gasteiger partial charge in [-0.25, -0.2) is 0 Å². The molecule has 4 aliphatic heterocycles. The summed E-state index contributed by atoms with van der Waals surface area (Å²) < 4.78 is 38.9. The van der Waals surface area contributed by atoms with Gasteiger partial charge in [-0.15, -0.1) is 0 Å². The molecule has 20 atom stereocenters. The van der Waals surface area contributed by atoms with Crippen molar-refractivity contribution >= 4 is 0 Å². The Morgan fingerprint density at radius 2 is 0.886 bits per heavy atom. The van der Waals surface area contributed by atoms with Crippen molar-refractivity contribution in [2.24, 2.45) is 0 Å². The lowest BCUT2D eigenvalue weighted by Gasteiger charge is -2.49. The molecule has 44 heavy (non-hydrogen) atoms. The molecule has 0 spiro atoms. The van der Waals surface area contributed by atoms with Gasteiger partial charge in [0.05, 0.1) is 25.4 Å². The van der Waals surface area contributed by atoms with Gasteiger partial charge < -0.3 is 99.9 Å². The van der Waals surface area contributed by atoms with E-state index in [0.717, 1.165) is 0 Å². The van der Waals surface area contributed by atoms with E-state index in [1.165, 1.54) is 13.8 Å². The van der Waals surface area contributed by atoms with E-state index in [9.17, 15) is 61.3 Å². The van der Waals surface area contributed by atoms with Gasteiger partial charge >= 0.3 is 0 Å². The summed E-state index contributed by atoms with van der Waals surface area (Å²) in [4.78, 5) is 0. The van der Waals surface area contributed by atoms with Crippen molar-refractivity contribution in [2.75, 3.05) is 13.2 Å². The van der Waals surface area contributed by atoms with Crippen LogP contribution < -0.4 is 0 Å². The zero-order chi connectivity index (χ0) is 31.9. The Labute approximate surface area is 250 Å². The number of ether oxygens (including phenoxy) is 7. The van der Waals surface area contributed by atoms with E-state index >= 15 is 0 Å². The summed E-state index contributed by atoms with van der Waals surface area (Å²) in [6, 6.07) is 0. The molecular formula is C24H44O20. The minimum Gasteiger partial charge on any atom is -0.412 e. The third kappa shape index (κ3) is 7.35. The van der Waals surface area contributed by atoms with Crippen molar-refractivity contribution in [3.63, 3.8) is 0 Å². The molecule has 0 bridgehead atoms. The highest BCUT2D eigenvalue weighted by Crippen LogP contribution is 2.35. The maximum absolute atomic E-state index is 10.9. The van der Waals surface area contributed by atoms with Crippen LogP contribution in [0.5, 0.6) is 0 Å². The Kier molecular flexibility index (Phi) is 13.2. The minimum atomic E-state index is -1.97. The first-order valence-electron chi connectivity index (χ1n) is 13.8. The fourth-order valence-corrected chi connectivity index (χ4v) is 5.40. The van der Waals surface area contributed by atoms with E-state index in [0.29, 0.717) is 0 Å². The van der Waals surface area contributed by atoms with Crippen LogP contribution in [-0.4, -0.2) is 203 Å². The molecule has 0 radical (unpaired) electrons. The summed E-state index contributed by atoms with van der Waals surface area (Å²) >= 11 is 0. The Morgan fingerprint density at radius 3 is 1.36 bits per heavy atom. The fraction of sp³-hybridized carbons (Fsp3) is 1.00. The lowest BCUT2D eigenvalue weighted by Crippen LogP contribution is -2.67. The van der Waals surface area contributed by atoms with Crippen LogP contribution in [-0.2, 0) is 33.2 Å². The molecule has 0 saturated carbocycles. The van der Waals surface area contributed by atoms with Gasteiger partial charge in [-0.2, -0.15) is 0 Å². The van der Waals surface area contributed by atoms with Gasteiger partial charge in [0.25, 0.3) is 0 Å². The first-order chi connectivity index (χ1) is 20.2. The number of rotatable bonds is 8. The average molecular weight is 653 g/mol.